The Morgan fingerprint density at radius 2 is 1.50 bits per heavy atom. The molecule has 0 saturated heterocycles. The molecule has 0 aliphatic carbocycles. The van der Waals surface area contributed by atoms with Gasteiger partial charge in [-0.05, 0) is 5.56 Å². The minimum absolute atomic E-state index is 0.118. The van der Waals surface area contributed by atoms with Gasteiger partial charge in [-0.3, -0.25) is 4.79 Å². The van der Waals surface area contributed by atoms with Gasteiger partial charge in [0, 0.05) is 11.1 Å². The number of benzene rings is 2. The van der Waals surface area contributed by atoms with Crippen molar-refractivity contribution in [3.63, 3.8) is 0 Å². The standard InChI is InChI=1S/C16H13NO3/c17-10-14(18)16(20)13-8-6-12(7-9-13)15(19)11-4-2-1-3-5-11/h1-9,14,16,18,20H. The number of hydrogen-bond acceptors (Lipinski definition) is 4. The molecule has 0 amide bonds. The van der Waals surface area contributed by atoms with E-state index in [4.69, 9.17) is 5.26 Å². The molecule has 0 aromatic heterocycles. The number of aliphatic hydroxyl groups is 2. The van der Waals surface area contributed by atoms with Crippen LogP contribution < -0.4 is 0 Å². The highest BCUT2D eigenvalue weighted by Crippen LogP contribution is 2.18. The van der Waals surface area contributed by atoms with Gasteiger partial charge in [-0.15, -0.1) is 0 Å². The van der Waals surface area contributed by atoms with Crippen LogP contribution in [0, 0.1) is 11.3 Å². The SMILES string of the molecule is N#CC(O)C(O)c1ccc(C(=O)c2ccccc2)cc1. The van der Waals surface area contributed by atoms with E-state index >= 15 is 0 Å². The number of rotatable bonds is 4. The number of hydrogen-bond donors (Lipinski definition) is 2. The maximum atomic E-state index is 12.2. The second-order valence-corrected chi connectivity index (χ2v) is 4.34. The Balaban J connectivity index is 2.21. The molecule has 2 rings (SSSR count). The Morgan fingerprint density at radius 1 is 0.950 bits per heavy atom. The number of carbonyl (C=O) groups excluding carboxylic acids is 1. The molecule has 2 aromatic carbocycles. The number of nitriles is 1. The average Bonchev–Trinajstić information content (AvgIpc) is 2.53. The molecule has 2 aromatic rings. The molecule has 100 valence electrons. The molecular weight excluding hydrogens is 254 g/mol. The zero-order valence-electron chi connectivity index (χ0n) is 10.6. The fourth-order valence-electron chi connectivity index (χ4n) is 1.84. The summed E-state index contributed by atoms with van der Waals surface area (Å²) in [5.74, 6) is -0.118. The molecule has 2 N–H and O–H groups in total. The number of nitrogens with zero attached hydrogens (tertiary/aromatic N) is 1. The molecule has 20 heavy (non-hydrogen) atoms. The van der Waals surface area contributed by atoms with Gasteiger partial charge in [0.15, 0.2) is 11.9 Å². The van der Waals surface area contributed by atoms with Gasteiger partial charge in [-0.25, -0.2) is 0 Å². The Bertz CT molecular complexity index is 629. The van der Waals surface area contributed by atoms with Crippen molar-refractivity contribution >= 4 is 5.78 Å². The van der Waals surface area contributed by atoms with Crippen molar-refractivity contribution in [3.05, 3.63) is 71.3 Å². The van der Waals surface area contributed by atoms with Gasteiger partial charge in [-0.1, -0.05) is 54.6 Å². The molecule has 0 bridgehead atoms. The maximum absolute atomic E-state index is 12.2. The van der Waals surface area contributed by atoms with E-state index in [0.29, 0.717) is 16.7 Å². The zero-order chi connectivity index (χ0) is 14.5. The van der Waals surface area contributed by atoms with Crippen LogP contribution in [0.2, 0.25) is 0 Å². The van der Waals surface area contributed by atoms with Crippen LogP contribution in [0.3, 0.4) is 0 Å². The van der Waals surface area contributed by atoms with Gasteiger partial charge in [-0.2, -0.15) is 5.26 Å². The van der Waals surface area contributed by atoms with Crippen LogP contribution in [0.5, 0.6) is 0 Å². The molecule has 2 atom stereocenters. The summed E-state index contributed by atoms with van der Waals surface area (Å²) in [5, 5.41) is 27.5. The van der Waals surface area contributed by atoms with Crippen LogP contribution in [0.4, 0.5) is 0 Å². The molecule has 0 heterocycles. The summed E-state index contributed by atoms with van der Waals surface area (Å²) in [6.45, 7) is 0. The summed E-state index contributed by atoms with van der Waals surface area (Å²) in [5.41, 5.74) is 1.46. The van der Waals surface area contributed by atoms with Crippen LogP contribution >= 0.6 is 0 Å². The summed E-state index contributed by atoms with van der Waals surface area (Å²) in [4.78, 5) is 12.2. The van der Waals surface area contributed by atoms with Crippen molar-refractivity contribution in [3.8, 4) is 6.07 Å². The Kier molecular flexibility index (Phi) is 4.26. The smallest absolute Gasteiger partial charge is 0.193 e. The fourth-order valence-corrected chi connectivity index (χ4v) is 1.84. The van der Waals surface area contributed by atoms with Crippen molar-refractivity contribution in [2.24, 2.45) is 0 Å². The van der Waals surface area contributed by atoms with Gasteiger partial charge in [0.2, 0.25) is 0 Å². The van der Waals surface area contributed by atoms with E-state index in [1.165, 1.54) is 12.1 Å². The highest BCUT2D eigenvalue weighted by Gasteiger charge is 2.18. The van der Waals surface area contributed by atoms with Crippen molar-refractivity contribution in [1.82, 2.24) is 0 Å². The number of ketones is 1. The summed E-state index contributed by atoms with van der Waals surface area (Å²) in [7, 11) is 0. The van der Waals surface area contributed by atoms with E-state index in [1.54, 1.807) is 42.5 Å². The van der Waals surface area contributed by atoms with Gasteiger partial charge in [0.1, 0.15) is 6.10 Å². The zero-order valence-corrected chi connectivity index (χ0v) is 10.6. The lowest BCUT2D eigenvalue weighted by atomic mass is 9.99. The molecule has 0 aliphatic rings. The van der Waals surface area contributed by atoms with Gasteiger partial charge >= 0.3 is 0 Å². The molecular formula is C16H13NO3. The van der Waals surface area contributed by atoms with Crippen molar-refractivity contribution in [2.45, 2.75) is 12.2 Å². The van der Waals surface area contributed by atoms with Crippen molar-refractivity contribution < 1.29 is 15.0 Å². The van der Waals surface area contributed by atoms with Gasteiger partial charge < -0.3 is 10.2 Å². The van der Waals surface area contributed by atoms with E-state index in [0.717, 1.165) is 0 Å². The Hall–Kier alpha value is -2.48. The lowest BCUT2D eigenvalue weighted by Gasteiger charge is -2.12. The summed E-state index contributed by atoms with van der Waals surface area (Å²) >= 11 is 0. The number of aliphatic hydroxyl groups excluding tert-OH is 2. The van der Waals surface area contributed by atoms with Crippen LogP contribution in [0.15, 0.2) is 54.6 Å². The first-order valence-electron chi connectivity index (χ1n) is 6.09. The molecule has 4 nitrogen and oxygen atoms in total. The second-order valence-electron chi connectivity index (χ2n) is 4.34. The predicted octanol–water partition coefficient (Wildman–Crippen LogP) is 1.84. The first-order valence-corrected chi connectivity index (χ1v) is 6.09. The van der Waals surface area contributed by atoms with Crippen LogP contribution in [-0.2, 0) is 0 Å². The lowest BCUT2D eigenvalue weighted by molar-refractivity contribution is 0.0528. The van der Waals surface area contributed by atoms with E-state index < -0.39 is 12.2 Å². The van der Waals surface area contributed by atoms with Crippen LogP contribution in [-0.4, -0.2) is 22.1 Å². The van der Waals surface area contributed by atoms with Gasteiger partial charge in [0.25, 0.3) is 0 Å². The second kappa shape index (κ2) is 6.11. The van der Waals surface area contributed by atoms with E-state index in [1.807, 2.05) is 6.07 Å². The van der Waals surface area contributed by atoms with E-state index in [9.17, 15) is 15.0 Å². The summed E-state index contributed by atoms with van der Waals surface area (Å²) in [6.07, 6.45) is -2.76. The molecule has 0 radical (unpaired) electrons. The largest absolute Gasteiger partial charge is 0.385 e. The Morgan fingerprint density at radius 3 is 2.05 bits per heavy atom. The number of carbonyl (C=O) groups is 1. The Labute approximate surface area is 116 Å². The topological polar surface area (TPSA) is 81.3 Å². The molecule has 2 unspecified atom stereocenters. The highest BCUT2D eigenvalue weighted by molar-refractivity contribution is 6.08. The van der Waals surface area contributed by atoms with Crippen LogP contribution in [0.1, 0.15) is 27.6 Å². The third-order valence-corrected chi connectivity index (χ3v) is 2.98. The predicted molar refractivity (Wildman–Crippen MR) is 72.9 cm³/mol. The van der Waals surface area contributed by atoms with Gasteiger partial charge in [0.05, 0.1) is 6.07 Å². The van der Waals surface area contributed by atoms with E-state index in [-0.39, 0.29) is 5.78 Å². The monoisotopic (exact) mass is 267 g/mol. The molecule has 0 spiro atoms. The minimum Gasteiger partial charge on any atom is -0.385 e. The summed E-state index contributed by atoms with van der Waals surface area (Å²) < 4.78 is 0. The molecule has 0 saturated carbocycles. The summed E-state index contributed by atoms with van der Waals surface area (Å²) in [6, 6.07) is 16.6. The third kappa shape index (κ3) is 2.91. The van der Waals surface area contributed by atoms with Crippen LogP contribution in [0.25, 0.3) is 0 Å². The first kappa shape index (κ1) is 13.9. The fraction of sp³-hybridized carbons (Fsp3) is 0.125. The van der Waals surface area contributed by atoms with Crippen molar-refractivity contribution in [1.29, 1.82) is 5.26 Å². The quantitative estimate of drug-likeness (QED) is 0.654. The van der Waals surface area contributed by atoms with E-state index in [2.05, 4.69) is 0 Å². The first-order chi connectivity index (χ1) is 9.63. The molecule has 0 fully saturated rings. The maximum Gasteiger partial charge on any atom is 0.193 e. The third-order valence-electron chi connectivity index (χ3n) is 2.98. The van der Waals surface area contributed by atoms with Crippen molar-refractivity contribution in [2.75, 3.05) is 0 Å². The molecule has 4 heteroatoms. The normalized spacial score (nSPS) is 13.2. The lowest BCUT2D eigenvalue weighted by Crippen LogP contribution is -2.15. The molecule has 0 aliphatic heterocycles. The average molecular weight is 267 g/mol. The highest BCUT2D eigenvalue weighted by atomic mass is 16.3. The minimum atomic E-state index is -1.48.